The molecule has 0 spiro atoms. The third-order valence-corrected chi connectivity index (χ3v) is 6.65. The minimum atomic E-state index is -0.938. The zero-order valence-electron chi connectivity index (χ0n) is 21.0. The van der Waals surface area contributed by atoms with Crippen LogP contribution < -0.4 is 5.32 Å². The molecule has 0 bridgehead atoms. The first kappa shape index (κ1) is 26.6. The molecule has 8 nitrogen and oxygen atoms in total. The second kappa shape index (κ2) is 11.7. The minimum Gasteiger partial charge on any atom is -0.507 e. The van der Waals surface area contributed by atoms with Crippen LogP contribution in [0.2, 0.25) is 0 Å². The van der Waals surface area contributed by atoms with Crippen molar-refractivity contribution >= 4 is 29.6 Å². The van der Waals surface area contributed by atoms with Gasteiger partial charge in [-0.1, -0.05) is 62.6 Å². The number of hydrogen-bond acceptors (Lipinski definition) is 7. The molecule has 0 fully saturated rings. The van der Waals surface area contributed by atoms with E-state index in [0.29, 0.717) is 30.5 Å². The Morgan fingerprint density at radius 1 is 0.947 bits per heavy atom. The maximum Gasteiger partial charge on any atom is 0.310 e. The number of benzene rings is 3. The van der Waals surface area contributed by atoms with Crippen LogP contribution in [0.3, 0.4) is 0 Å². The fraction of sp³-hybridized carbons (Fsp3) is 0.267. The number of phenols is 2. The summed E-state index contributed by atoms with van der Waals surface area (Å²) in [5, 5.41) is 24.6. The van der Waals surface area contributed by atoms with Gasteiger partial charge in [0.2, 0.25) is 6.41 Å². The number of nitrogens with one attached hydrogen (secondary N) is 1. The van der Waals surface area contributed by atoms with Gasteiger partial charge in [-0.25, -0.2) is 0 Å². The lowest BCUT2D eigenvalue weighted by Gasteiger charge is -2.24. The van der Waals surface area contributed by atoms with Crippen molar-refractivity contribution in [2.75, 3.05) is 5.32 Å². The number of carbonyl (C=O) groups excluding carboxylic acids is 4. The quantitative estimate of drug-likeness (QED) is 0.108. The molecule has 3 aromatic rings. The Bertz CT molecular complexity index is 1380. The largest absolute Gasteiger partial charge is 0.507 e. The highest BCUT2D eigenvalue weighted by Crippen LogP contribution is 2.43. The molecule has 0 aromatic heterocycles. The molecule has 0 aliphatic heterocycles. The summed E-state index contributed by atoms with van der Waals surface area (Å²) in [5.41, 5.74) is 1.08. The molecular weight excluding hydrogens is 486 g/mol. The first-order chi connectivity index (χ1) is 18.3. The normalized spacial score (nSPS) is 12.9. The maximum absolute atomic E-state index is 13.3. The van der Waals surface area contributed by atoms with Crippen molar-refractivity contribution in [2.45, 2.75) is 51.6 Å². The van der Waals surface area contributed by atoms with Crippen molar-refractivity contribution in [3.05, 3.63) is 88.0 Å². The van der Waals surface area contributed by atoms with Crippen LogP contribution in [0.5, 0.6) is 11.5 Å². The SMILES string of the molecule is CCCCCCC(OC(=O)Cc1ccc(NC=O)cc1)c1cc(O)c2c(c1O)C(=O)c1ccccc1C2=O. The third kappa shape index (κ3) is 5.44. The topological polar surface area (TPSA) is 130 Å². The van der Waals surface area contributed by atoms with Gasteiger partial charge in [0.05, 0.1) is 17.5 Å². The van der Waals surface area contributed by atoms with Gasteiger partial charge in [-0.3, -0.25) is 19.2 Å². The van der Waals surface area contributed by atoms with Crippen LogP contribution >= 0.6 is 0 Å². The summed E-state index contributed by atoms with van der Waals surface area (Å²) in [4.78, 5) is 49.8. The predicted octanol–water partition coefficient (Wildman–Crippen LogP) is 5.24. The number of amides is 1. The van der Waals surface area contributed by atoms with E-state index in [0.717, 1.165) is 19.3 Å². The smallest absolute Gasteiger partial charge is 0.310 e. The Hall–Kier alpha value is -4.46. The molecule has 0 saturated heterocycles. The van der Waals surface area contributed by atoms with Crippen LogP contribution in [0, 0.1) is 0 Å². The number of aromatic hydroxyl groups is 2. The van der Waals surface area contributed by atoms with E-state index >= 15 is 0 Å². The van der Waals surface area contributed by atoms with Crippen LogP contribution in [0.15, 0.2) is 54.6 Å². The number of hydrogen-bond donors (Lipinski definition) is 3. The molecule has 38 heavy (non-hydrogen) atoms. The molecule has 4 rings (SSSR count). The zero-order chi connectivity index (χ0) is 27.2. The Labute approximate surface area is 220 Å². The summed E-state index contributed by atoms with van der Waals surface area (Å²) in [7, 11) is 0. The first-order valence-electron chi connectivity index (χ1n) is 12.6. The van der Waals surface area contributed by atoms with Crippen LogP contribution in [0.25, 0.3) is 0 Å². The van der Waals surface area contributed by atoms with E-state index in [1.165, 1.54) is 18.2 Å². The van der Waals surface area contributed by atoms with Gasteiger partial charge in [0.1, 0.15) is 17.6 Å². The van der Waals surface area contributed by atoms with E-state index in [1.807, 2.05) is 0 Å². The van der Waals surface area contributed by atoms with E-state index in [-0.39, 0.29) is 34.2 Å². The highest BCUT2D eigenvalue weighted by molar-refractivity contribution is 6.30. The summed E-state index contributed by atoms with van der Waals surface area (Å²) in [6.45, 7) is 2.07. The zero-order valence-corrected chi connectivity index (χ0v) is 21.0. The Morgan fingerprint density at radius 3 is 2.24 bits per heavy atom. The maximum atomic E-state index is 13.3. The van der Waals surface area contributed by atoms with E-state index < -0.39 is 35.1 Å². The van der Waals surface area contributed by atoms with Gasteiger partial charge >= 0.3 is 5.97 Å². The molecule has 196 valence electrons. The summed E-state index contributed by atoms with van der Waals surface area (Å²) in [6, 6.07) is 14.2. The number of phenolic OH excluding ortho intramolecular Hbond substituents is 2. The van der Waals surface area contributed by atoms with Crippen molar-refractivity contribution in [1.29, 1.82) is 0 Å². The van der Waals surface area contributed by atoms with E-state index in [4.69, 9.17) is 4.74 Å². The highest BCUT2D eigenvalue weighted by atomic mass is 16.5. The molecule has 3 aromatic carbocycles. The van der Waals surface area contributed by atoms with Gasteiger partial charge in [0.25, 0.3) is 0 Å². The lowest BCUT2D eigenvalue weighted by atomic mass is 9.81. The monoisotopic (exact) mass is 515 g/mol. The van der Waals surface area contributed by atoms with Crippen LogP contribution in [-0.2, 0) is 20.7 Å². The van der Waals surface area contributed by atoms with E-state index in [2.05, 4.69) is 12.2 Å². The second-order valence-corrected chi connectivity index (χ2v) is 9.25. The summed E-state index contributed by atoms with van der Waals surface area (Å²) in [5.74, 6) is -2.62. The molecule has 1 amide bonds. The predicted molar refractivity (Wildman–Crippen MR) is 141 cm³/mol. The van der Waals surface area contributed by atoms with Gasteiger partial charge < -0.3 is 20.3 Å². The minimum absolute atomic E-state index is 0.0602. The number of anilines is 1. The average Bonchev–Trinajstić information content (AvgIpc) is 2.91. The standard InChI is InChI=1S/C30H29NO7/c1-2-3-4-5-10-24(38-25(34)15-18-11-13-19(14-12-18)31-17-32)22-16-23(33)26-27(30(22)37)29(36)21-9-7-6-8-20(21)28(26)35/h6-9,11-14,16-17,24,33,37H,2-5,10,15H2,1H3,(H,31,32). The Balaban J connectivity index is 1.65. The molecule has 1 aliphatic carbocycles. The summed E-state index contributed by atoms with van der Waals surface area (Å²) >= 11 is 0. The number of esters is 1. The van der Waals surface area contributed by atoms with Crippen LogP contribution in [0.1, 0.15) is 88.1 Å². The Kier molecular flexibility index (Phi) is 8.21. The van der Waals surface area contributed by atoms with Gasteiger partial charge in [-0.2, -0.15) is 0 Å². The molecule has 3 N–H and O–H groups in total. The first-order valence-corrected chi connectivity index (χ1v) is 12.6. The lowest BCUT2D eigenvalue weighted by molar-refractivity contribution is -0.149. The van der Waals surface area contributed by atoms with E-state index in [1.54, 1.807) is 36.4 Å². The molecule has 1 aliphatic rings. The van der Waals surface area contributed by atoms with Gasteiger partial charge in [-0.15, -0.1) is 0 Å². The highest BCUT2D eigenvalue weighted by Gasteiger charge is 2.37. The lowest BCUT2D eigenvalue weighted by Crippen LogP contribution is -2.22. The fourth-order valence-corrected chi connectivity index (χ4v) is 4.71. The van der Waals surface area contributed by atoms with Crippen LogP contribution in [-0.4, -0.2) is 34.2 Å². The van der Waals surface area contributed by atoms with Crippen molar-refractivity contribution in [1.82, 2.24) is 0 Å². The number of ketones is 2. The third-order valence-electron chi connectivity index (χ3n) is 6.65. The number of unbranched alkanes of at least 4 members (excludes halogenated alkanes) is 3. The average molecular weight is 516 g/mol. The van der Waals surface area contributed by atoms with Crippen LogP contribution in [0.4, 0.5) is 5.69 Å². The van der Waals surface area contributed by atoms with Gasteiger partial charge in [0.15, 0.2) is 11.6 Å². The second-order valence-electron chi connectivity index (χ2n) is 9.25. The van der Waals surface area contributed by atoms with Crippen molar-refractivity contribution < 1.29 is 34.1 Å². The van der Waals surface area contributed by atoms with Crippen molar-refractivity contribution in [2.24, 2.45) is 0 Å². The molecule has 1 atom stereocenters. The summed E-state index contributed by atoms with van der Waals surface area (Å²) < 4.78 is 5.78. The number of ether oxygens (including phenoxy) is 1. The fourth-order valence-electron chi connectivity index (χ4n) is 4.71. The van der Waals surface area contributed by atoms with Crippen molar-refractivity contribution in [3.63, 3.8) is 0 Å². The van der Waals surface area contributed by atoms with Gasteiger partial charge in [-0.05, 0) is 36.6 Å². The van der Waals surface area contributed by atoms with Gasteiger partial charge in [0, 0.05) is 22.4 Å². The number of rotatable bonds is 11. The number of fused-ring (bicyclic) bond motifs is 2. The van der Waals surface area contributed by atoms with E-state index in [9.17, 15) is 29.4 Å². The van der Waals surface area contributed by atoms with Crippen molar-refractivity contribution in [3.8, 4) is 11.5 Å². The molecule has 0 radical (unpaired) electrons. The Morgan fingerprint density at radius 2 is 1.61 bits per heavy atom. The summed E-state index contributed by atoms with van der Waals surface area (Å²) in [6.07, 6.45) is 3.46. The molecule has 8 heteroatoms. The molecule has 0 heterocycles. The molecular formula is C30H29NO7. The molecule has 0 saturated carbocycles. The molecule has 1 unspecified atom stereocenters. The number of carbonyl (C=O) groups is 4.